The van der Waals surface area contributed by atoms with Crippen LogP contribution in [0, 0.1) is 5.82 Å². The third kappa shape index (κ3) is 3.00. The zero-order chi connectivity index (χ0) is 13.1. The van der Waals surface area contributed by atoms with Gasteiger partial charge in [-0.05, 0) is 19.1 Å². The summed E-state index contributed by atoms with van der Waals surface area (Å²) in [5.41, 5.74) is 0.287. The summed E-state index contributed by atoms with van der Waals surface area (Å²) >= 11 is 5.92. The number of nitrogens with one attached hydrogen (secondary N) is 1. The van der Waals surface area contributed by atoms with Gasteiger partial charge in [0.25, 0.3) is 0 Å². The lowest BCUT2D eigenvalue weighted by molar-refractivity contribution is -0.131. The number of hydrogen-bond donors (Lipinski definition) is 1. The van der Waals surface area contributed by atoms with Crippen LogP contribution < -0.4 is 5.32 Å². The Labute approximate surface area is 111 Å². The first-order valence-electron chi connectivity index (χ1n) is 6.02. The predicted octanol–water partition coefficient (Wildman–Crippen LogP) is 1.84. The highest BCUT2D eigenvalue weighted by Gasteiger charge is 2.22. The molecule has 0 aromatic heterocycles. The summed E-state index contributed by atoms with van der Waals surface area (Å²) in [6, 6.07) is 4.75. The monoisotopic (exact) mass is 270 g/mol. The molecule has 18 heavy (non-hydrogen) atoms. The molecule has 0 aliphatic carbocycles. The molecule has 1 aromatic rings. The Hall–Kier alpha value is -1.13. The van der Waals surface area contributed by atoms with Crippen LogP contribution in [0.4, 0.5) is 4.39 Å². The zero-order valence-corrected chi connectivity index (χ0v) is 11.0. The largest absolute Gasteiger partial charge is 0.340 e. The number of hydrogen-bond acceptors (Lipinski definition) is 2. The van der Waals surface area contributed by atoms with Crippen molar-refractivity contribution in [1.29, 1.82) is 0 Å². The maximum atomic E-state index is 13.6. The van der Waals surface area contributed by atoms with Crippen molar-refractivity contribution < 1.29 is 9.18 Å². The van der Waals surface area contributed by atoms with Gasteiger partial charge >= 0.3 is 0 Å². The summed E-state index contributed by atoms with van der Waals surface area (Å²) in [6.07, 6.45) is 0.0260. The minimum absolute atomic E-state index is 0.0260. The summed E-state index contributed by atoms with van der Waals surface area (Å²) in [5.74, 6) is -0.491. The molecule has 98 valence electrons. The Morgan fingerprint density at radius 1 is 1.61 bits per heavy atom. The van der Waals surface area contributed by atoms with E-state index in [-0.39, 0.29) is 23.9 Å². The second-order valence-corrected chi connectivity index (χ2v) is 4.98. The first kappa shape index (κ1) is 13.3. The van der Waals surface area contributed by atoms with E-state index in [1.807, 2.05) is 6.92 Å². The second-order valence-electron chi connectivity index (χ2n) is 4.57. The molecule has 1 aliphatic heterocycles. The molecule has 0 radical (unpaired) electrons. The van der Waals surface area contributed by atoms with E-state index in [1.165, 1.54) is 6.07 Å². The number of amides is 1. The highest BCUT2D eigenvalue weighted by molar-refractivity contribution is 6.31. The third-order valence-electron chi connectivity index (χ3n) is 3.11. The summed E-state index contributed by atoms with van der Waals surface area (Å²) < 4.78 is 13.6. The van der Waals surface area contributed by atoms with Crippen molar-refractivity contribution >= 4 is 17.5 Å². The van der Waals surface area contributed by atoms with Gasteiger partial charge in [0.15, 0.2) is 0 Å². The van der Waals surface area contributed by atoms with Gasteiger partial charge in [0, 0.05) is 36.3 Å². The zero-order valence-electron chi connectivity index (χ0n) is 10.2. The molecule has 0 unspecified atom stereocenters. The number of piperazine rings is 1. The first-order valence-corrected chi connectivity index (χ1v) is 6.40. The van der Waals surface area contributed by atoms with Crippen molar-refractivity contribution in [1.82, 2.24) is 10.2 Å². The van der Waals surface area contributed by atoms with E-state index < -0.39 is 5.82 Å². The standard InChI is InChI=1S/C13H16ClFN2O/c1-9-8-17(6-5-16-9)13(18)7-10-11(14)3-2-4-12(10)15/h2-4,9,16H,5-8H2,1H3/t9-/m0/s1. The van der Waals surface area contributed by atoms with E-state index in [9.17, 15) is 9.18 Å². The van der Waals surface area contributed by atoms with Gasteiger partial charge in [-0.2, -0.15) is 0 Å². The minimum Gasteiger partial charge on any atom is -0.340 e. The molecular weight excluding hydrogens is 255 g/mol. The lowest BCUT2D eigenvalue weighted by Crippen LogP contribution is -2.51. The quantitative estimate of drug-likeness (QED) is 0.889. The summed E-state index contributed by atoms with van der Waals surface area (Å²) in [5, 5.41) is 3.57. The second kappa shape index (κ2) is 5.67. The smallest absolute Gasteiger partial charge is 0.227 e. The van der Waals surface area contributed by atoms with E-state index >= 15 is 0 Å². The predicted molar refractivity (Wildman–Crippen MR) is 69.2 cm³/mol. The van der Waals surface area contributed by atoms with Crippen LogP contribution in [0.25, 0.3) is 0 Å². The van der Waals surface area contributed by atoms with Gasteiger partial charge in [-0.15, -0.1) is 0 Å². The summed E-state index contributed by atoms with van der Waals surface area (Å²) in [6.45, 7) is 4.12. The molecule has 1 heterocycles. The molecule has 2 rings (SSSR count). The SMILES string of the molecule is C[C@H]1CN(C(=O)Cc2c(F)cccc2Cl)CCN1. The molecular formula is C13H16ClFN2O. The topological polar surface area (TPSA) is 32.3 Å². The van der Waals surface area contributed by atoms with Crippen LogP contribution in [0.15, 0.2) is 18.2 Å². The molecule has 1 aromatic carbocycles. The number of rotatable bonds is 2. The maximum Gasteiger partial charge on any atom is 0.227 e. The fourth-order valence-corrected chi connectivity index (χ4v) is 2.35. The first-order chi connectivity index (χ1) is 8.58. The maximum absolute atomic E-state index is 13.6. The number of carbonyl (C=O) groups excluding carboxylic acids is 1. The van der Waals surface area contributed by atoms with Gasteiger partial charge in [0.2, 0.25) is 5.91 Å². The fourth-order valence-electron chi connectivity index (χ4n) is 2.12. The van der Waals surface area contributed by atoms with Crippen molar-refractivity contribution in [3.63, 3.8) is 0 Å². The third-order valence-corrected chi connectivity index (χ3v) is 3.47. The molecule has 1 N–H and O–H groups in total. The molecule has 0 bridgehead atoms. The van der Waals surface area contributed by atoms with Crippen LogP contribution >= 0.6 is 11.6 Å². The average molecular weight is 271 g/mol. The van der Waals surface area contributed by atoms with Gasteiger partial charge < -0.3 is 10.2 Å². The molecule has 1 aliphatic rings. The van der Waals surface area contributed by atoms with E-state index in [0.29, 0.717) is 18.1 Å². The van der Waals surface area contributed by atoms with Gasteiger partial charge in [0.1, 0.15) is 5.82 Å². The lowest BCUT2D eigenvalue weighted by Gasteiger charge is -2.32. The summed E-state index contributed by atoms with van der Waals surface area (Å²) in [4.78, 5) is 13.8. The van der Waals surface area contributed by atoms with E-state index in [1.54, 1.807) is 17.0 Å². The van der Waals surface area contributed by atoms with E-state index in [4.69, 9.17) is 11.6 Å². The molecule has 5 heteroatoms. The van der Waals surface area contributed by atoms with Crippen molar-refractivity contribution in [2.45, 2.75) is 19.4 Å². The number of benzene rings is 1. The number of carbonyl (C=O) groups is 1. The van der Waals surface area contributed by atoms with Crippen LogP contribution in [0.2, 0.25) is 5.02 Å². The Balaban J connectivity index is 2.07. The van der Waals surface area contributed by atoms with Crippen molar-refractivity contribution in [2.24, 2.45) is 0 Å². The Morgan fingerprint density at radius 2 is 2.39 bits per heavy atom. The molecule has 0 spiro atoms. The van der Waals surface area contributed by atoms with Gasteiger partial charge in [-0.3, -0.25) is 4.79 Å². The fraction of sp³-hybridized carbons (Fsp3) is 0.462. The lowest BCUT2D eigenvalue weighted by atomic mass is 10.1. The van der Waals surface area contributed by atoms with Crippen molar-refractivity contribution in [3.8, 4) is 0 Å². The number of halogens is 2. The highest BCUT2D eigenvalue weighted by atomic mass is 35.5. The molecule has 1 amide bonds. The normalized spacial score (nSPS) is 19.9. The van der Waals surface area contributed by atoms with E-state index in [2.05, 4.69) is 5.32 Å². The van der Waals surface area contributed by atoms with Gasteiger partial charge in [-0.1, -0.05) is 17.7 Å². The molecule has 3 nitrogen and oxygen atoms in total. The van der Waals surface area contributed by atoms with Crippen LogP contribution in [0.1, 0.15) is 12.5 Å². The number of nitrogens with zero attached hydrogens (tertiary/aromatic N) is 1. The van der Waals surface area contributed by atoms with Crippen molar-refractivity contribution in [3.05, 3.63) is 34.6 Å². The Morgan fingerprint density at radius 3 is 3.06 bits per heavy atom. The minimum atomic E-state index is -0.418. The highest BCUT2D eigenvalue weighted by Crippen LogP contribution is 2.20. The van der Waals surface area contributed by atoms with Crippen LogP contribution in [0.5, 0.6) is 0 Å². The van der Waals surface area contributed by atoms with Crippen LogP contribution in [-0.4, -0.2) is 36.5 Å². The Bertz CT molecular complexity index is 432. The van der Waals surface area contributed by atoms with Gasteiger partial charge in [0.05, 0.1) is 6.42 Å². The van der Waals surface area contributed by atoms with Crippen LogP contribution in [0.3, 0.4) is 0 Å². The average Bonchev–Trinajstić information content (AvgIpc) is 2.34. The Kier molecular flexibility index (Phi) is 4.19. The molecule has 1 atom stereocenters. The molecule has 1 saturated heterocycles. The molecule has 1 fully saturated rings. The van der Waals surface area contributed by atoms with E-state index in [0.717, 1.165) is 6.54 Å². The van der Waals surface area contributed by atoms with Crippen LogP contribution in [-0.2, 0) is 11.2 Å². The summed E-state index contributed by atoms with van der Waals surface area (Å²) in [7, 11) is 0. The van der Waals surface area contributed by atoms with Gasteiger partial charge in [-0.25, -0.2) is 4.39 Å². The molecule has 0 saturated carbocycles. The van der Waals surface area contributed by atoms with Crippen molar-refractivity contribution in [2.75, 3.05) is 19.6 Å².